The summed E-state index contributed by atoms with van der Waals surface area (Å²) in [5.74, 6) is 0. The monoisotopic (exact) mass is 189 g/mol. The van der Waals surface area contributed by atoms with Crippen molar-refractivity contribution in [3.63, 3.8) is 0 Å². The highest BCUT2D eigenvalue weighted by Crippen LogP contribution is 2.21. The lowest BCUT2D eigenvalue weighted by Gasteiger charge is -2.23. The van der Waals surface area contributed by atoms with E-state index in [0.29, 0.717) is 0 Å². The van der Waals surface area contributed by atoms with Gasteiger partial charge in [-0.2, -0.15) is 0 Å². The summed E-state index contributed by atoms with van der Waals surface area (Å²) in [5.41, 5.74) is 2.60. The SMILES string of the molecule is CCc1ccccc1C1NCC=CO1. The van der Waals surface area contributed by atoms with Gasteiger partial charge >= 0.3 is 0 Å². The highest BCUT2D eigenvalue weighted by atomic mass is 16.5. The summed E-state index contributed by atoms with van der Waals surface area (Å²) in [6.45, 7) is 3.04. The van der Waals surface area contributed by atoms with E-state index in [1.54, 1.807) is 6.26 Å². The molecule has 2 nitrogen and oxygen atoms in total. The van der Waals surface area contributed by atoms with Crippen molar-refractivity contribution < 1.29 is 4.74 Å². The molecule has 0 saturated carbocycles. The molecule has 1 unspecified atom stereocenters. The van der Waals surface area contributed by atoms with Gasteiger partial charge in [-0.1, -0.05) is 31.2 Å². The minimum Gasteiger partial charge on any atom is -0.479 e. The van der Waals surface area contributed by atoms with E-state index >= 15 is 0 Å². The Balaban J connectivity index is 2.25. The van der Waals surface area contributed by atoms with E-state index in [0.717, 1.165) is 13.0 Å². The first-order valence-corrected chi connectivity index (χ1v) is 5.03. The van der Waals surface area contributed by atoms with Crippen molar-refractivity contribution in [2.75, 3.05) is 6.54 Å². The van der Waals surface area contributed by atoms with Crippen molar-refractivity contribution in [2.24, 2.45) is 0 Å². The molecular formula is C12H15NO. The molecule has 2 rings (SSSR count). The fourth-order valence-corrected chi connectivity index (χ4v) is 1.70. The minimum atomic E-state index is 0.0242. The van der Waals surface area contributed by atoms with Crippen LogP contribution in [0.3, 0.4) is 0 Å². The zero-order valence-corrected chi connectivity index (χ0v) is 8.36. The normalized spacial score (nSPS) is 20.5. The van der Waals surface area contributed by atoms with Crippen LogP contribution in [0.4, 0.5) is 0 Å². The molecule has 14 heavy (non-hydrogen) atoms. The average molecular weight is 189 g/mol. The van der Waals surface area contributed by atoms with Crippen LogP contribution < -0.4 is 5.32 Å². The van der Waals surface area contributed by atoms with Crippen LogP contribution in [0, 0.1) is 0 Å². The van der Waals surface area contributed by atoms with E-state index in [1.807, 2.05) is 6.08 Å². The van der Waals surface area contributed by atoms with Crippen LogP contribution in [-0.4, -0.2) is 6.54 Å². The first-order chi connectivity index (χ1) is 6.92. The van der Waals surface area contributed by atoms with Crippen LogP contribution in [0.2, 0.25) is 0 Å². The van der Waals surface area contributed by atoms with Crippen molar-refractivity contribution in [2.45, 2.75) is 19.6 Å². The number of rotatable bonds is 2. The maximum atomic E-state index is 5.51. The Kier molecular flexibility index (Phi) is 2.84. The van der Waals surface area contributed by atoms with Crippen molar-refractivity contribution in [1.82, 2.24) is 5.32 Å². The van der Waals surface area contributed by atoms with Crippen LogP contribution in [0.15, 0.2) is 36.6 Å². The molecule has 1 aromatic rings. The predicted molar refractivity (Wildman–Crippen MR) is 56.8 cm³/mol. The summed E-state index contributed by atoms with van der Waals surface area (Å²) < 4.78 is 5.51. The molecule has 0 radical (unpaired) electrons. The Bertz CT molecular complexity index is 333. The molecule has 1 atom stereocenters. The Labute approximate surface area is 84.6 Å². The van der Waals surface area contributed by atoms with E-state index in [9.17, 15) is 0 Å². The number of hydrogen-bond donors (Lipinski definition) is 1. The summed E-state index contributed by atoms with van der Waals surface area (Å²) in [6.07, 6.45) is 4.82. The van der Waals surface area contributed by atoms with E-state index in [4.69, 9.17) is 4.74 Å². The van der Waals surface area contributed by atoms with Gasteiger partial charge < -0.3 is 4.74 Å². The van der Waals surface area contributed by atoms with Crippen LogP contribution in [0.25, 0.3) is 0 Å². The molecule has 1 aliphatic heterocycles. The molecule has 1 aromatic carbocycles. The summed E-state index contributed by atoms with van der Waals surface area (Å²) in [6, 6.07) is 8.40. The smallest absolute Gasteiger partial charge is 0.176 e. The number of nitrogens with one attached hydrogen (secondary N) is 1. The van der Waals surface area contributed by atoms with Gasteiger partial charge in [0.1, 0.15) is 0 Å². The minimum absolute atomic E-state index is 0.0242. The second kappa shape index (κ2) is 4.29. The van der Waals surface area contributed by atoms with Crippen molar-refractivity contribution >= 4 is 0 Å². The number of benzene rings is 1. The van der Waals surface area contributed by atoms with Crippen LogP contribution >= 0.6 is 0 Å². The first kappa shape index (κ1) is 9.28. The molecule has 0 aliphatic carbocycles. The van der Waals surface area contributed by atoms with Gasteiger partial charge in [-0.05, 0) is 18.1 Å². The number of hydrogen-bond acceptors (Lipinski definition) is 2. The molecule has 74 valence electrons. The first-order valence-electron chi connectivity index (χ1n) is 5.03. The standard InChI is InChI=1S/C12H15NO/c1-2-10-6-3-4-7-11(10)12-13-8-5-9-14-12/h3-7,9,12-13H,2,8H2,1H3. The lowest BCUT2D eigenvalue weighted by molar-refractivity contribution is 0.103. The van der Waals surface area contributed by atoms with E-state index in [2.05, 4.69) is 36.5 Å². The molecule has 0 saturated heterocycles. The summed E-state index contributed by atoms with van der Waals surface area (Å²) in [4.78, 5) is 0. The van der Waals surface area contributed by atoms with E-state index in [1.165, 1.54) is 11.1 Å². The Morgan fingerprint density at radius 2 is 2.29 bits per heavy atom. The van der Waals surface area contributed by atoms with Gasteiger partial charge in [0.15, 0.2) is 6.23 Å². The van der Waals surface area contributed by atoms with Gasteiger partial charge in [-0.3, -0.25) is 5.32 Å². The quantitative estimate of drug-likeness (QED) is 0.771. The zero-order valence-electron chi connectivity index (χ0n) is 8.36. The fourth-order valence-electron chi connectivity index (χ4n) is 1.70. The van der Waals surface area contributed by atoms with Crippen LogP contribution in [0.1, 0.15) is 24.3 Å². The van der Waals surface area contributed by atoms with Gasteiger partial charge in [-0.15, -0.1) is 0 Å². The third-order valence-electron chi connectivity index (χ3n) is 2.45. The second-order valence-electron chi connectivity index (χ2n) is 3.35. The Morgan fingerprint density at radius 1 is 1.43 bits per heavy atom. The number of aryl methyl sites for hydroxylation is 1. The molecule has 1 aliphatic rings. The lowest BCUT2D eigenvalue weighted by Crippen LogP contribution is -2.26. The van der Waals surface area contributed by atoms with Gasteiger partial charge in [0, 0.05) is 12.1 Å². The summed E-state index contributed by atoms with van der Waals surface area (Å²) in [7, 11) is 0. The highest BCUT2D eigenvalue weighted by molar-refractivity contribution is 5.29. The number of ether oxygens (including phenoxy) is 1. The highest BCUT2D eigenvalue weighted by Gasteiger charge is 2.14. The second-order valence-corrected chi connectivity index (χ2v) is 3.35. The molecule has 1 heterocycles. The molecule has 0 aromatic heterocycles. The average Bonchev–Trinajstić information content (AvgIpc) is 2.30. The third kappa shape index (κ3) is 1.80. The maximum Gasteiger partial charge on any atom is 0.176 e. The van der Waals surface area contributed by atoms with Gasteiger partial charge in [0.05, 0.1) is 6.26 Å². The van der Waals surface area contributed by atoms with Gasteiger partial charge in [-0.25, -0.2) is 0 Å². The topological polar surface area (TPSA) is 21.3 Å². The van der Waals surface area contributed by atoms with Crippen LogP contribution in [0.5, 0.6) is 0 Å². The lowest BCUT2D eigenvalue weighted by atomic mass is 10.0. The zero-order chi connectivity index (χ0) is 9.80. The molecule has 0 spiro atoms. The molecule has 1 N–H and O–H groups in total. The molecule has 2 heteroatoms. The van der Waals surface area contributed by atoms with Crippen LogP contribution in [-0.2, 0) is 11.2 Å². The molecule has 0 amide bonds. The van der Waals surface area contributed by atoms with E-state index in [-0.39, 0.29) is 6.23 Å². The van der Waals surface area contributed by atoms with Crippen molar-refractivity contribution in [3.8, 4) is 0 Å². The molecular weight excluding hydrogens is 174 g/mol. The summed E-state index contributed by atoms with van der Waals surface area (Å²) in [5, 5.41) is 3.30. The Hall–Kier alpha value is -1.28. The predicted octanol–water partition coefficient (Wildman–Crippen LogP) is 2.38. The fraction of sp³-hybridized carbons (Fsp3) is 0.333. The van der Waals surface area contributed by atoms with Gasteiger partial charge in [0.2, 0.25) is 0 Å². The van der Waals surface area contributed by atoms with Crippen molar-refractivity contribution in [3.05, 3.63) is 47.7 Å². The Morgan fingerprint density at radius 3 is 3.00 bits per heavy atom. The van der Waals surface area contributed by atoms with E-state index < -0.39 is 0 Å². The molecule has 0 bridgehead atoms. The maximum absolute atomic E-state index is 5.51. The largest absolute Gasteiger partial charge is 0.479 e. The summed E-state index contributed by atoms with van der Waals surface area (Å²) >= 11 is 0. The third-order valence-corrected chi connectivity index (χ3v) is 2.45. The molecule has 0 fully saturated rings. The van der Waals surface area contributed by atoms with Gasteiger partial charge in [0.25, 0.3) is 0 Å². The van der Waals surface area contributed by atoms with Crippen molar-refractivity contribution in [1.29, 1.82) is 0 Å².